The maximum atomic E-state index is 15.1. The lowest BCUT2D eigenvalue weighted by Gasteiger charge is -2.28. The molecule has 2 nitrogen and oxygen atoms in total. The van der Waals surface area contributed by atoms with Crippen LogP contribution < -0.4 is 0 Å². The van der Waals surface area contributed by atoms with Gasteiger partial charge in [0.25, 0.3) is 0 Å². The molecule has 2 aromatic rings. The predicted octanol–water partition coefficient (Wildman–Crippen LogP) is 3.91. The predicted molar refractivity (Wildman–Crippen MR) is 81.6 cm³/mol. The molecule has 1 atom stereocenters. The number of allylic oxidation sites excluding steroid dienone is 1. The average molecular weight is 276 g/mol. The Morgan fingerprint density at radius 1 is 1.00 bits per heavy atom. The number of dihydropyridines is 1. The first-order valence-corrected chi connectivity index (χ1v) is 6.70. The molecule has 0 amide bonds. The van der Waals surface area contributed by atoms with E-state index in [1.165, 1.54) is 6.21 Å². The van der Waals surface area contributed by atoms with E-state index in [9.17, 15) is 5.26 Å². The van der Waals surface area contributed by atoms with Crippen molar-refractivity contribution in [2.75, 3.05) is 6.54 Å². The highest BCUT2D eigenvalue weighted by atomic mass is 19.1. The van der Waals surface area contributed by atoms with Crippen molar-refractivity contribution in [1.82, 2.24) is 0 Å². The average Bonchev–Trinajstić information content (AvgIpc) is 2.57. The van der Waals surface area contributed by atoms with Crippen molar-refractivity contribution in [3.63, 3.8) is 0 Å². The second kappa shape index (κ2) is 5.34. The van der Waals surface area contributed by atoms with Crippen LogP contribution in [0.3, 0.4) is 0 Å². The molecule has 2 aromatic carbocycles. The van der Waals surface area contributed by atoms with E-state index in [0.717, 1.165) is 5.56 Å². The second-order valence-corrected chi connectivity index (χ2v) is 4.95. The number of rotatable bonds is 2. The van der Waals surface area contributed by atoms with E-state index in [1.807, 2.05) is 48.5 Å². The highest BCUT2D eigenvalue weighted by Crippen LogP contribution is 2.39. The summed E-state index contributed by atoms with van der Waals surface area (Å²) in [6.07, 6.45) is 1.52. The van der Waals surface area contributed by atoms with Crippen LogP contribution in [0, 0.1) is 11.3 Å². The van der Waals surface area contributed by atoms with Crippen molar-refractivity contribution in [3.05, 3.63) is 77.6 Å². The van der Waals surface area contributed by atoms with Crippen molar-refractivity contribution >= 4 is 11.8 Å². The van der Waals surface area contributed by atoms with Gasteiger partial charge in [-0.1, -0.05) is 60.7 Å². The van der Waals surface area contributed by atoms with E-state index >= 15 is 4.39 Å². The smallest absolute Gasteiger partial charge is 0.154 e. The van der Waals surface area contributed by atoms with Crippen molar-refractivity contribution in [1.29, 1.82) is 5.26 Å². The van der Waals surface area contributed by atoms with E-state index < -0.39 is 11.2 Å². The summed E-state index contributed by atoms with van der Waals surface area (Å²) < 4.78 is 15.1. The third-order valence-electron chi connectivity index (χ3n) is 3.70. The maximum absolute atomic E-state index is 15.1. The SMILES string of the molecule is N#CC1(c2ccccc2)CN=CC(c2ccccc2)=C1F. The van der Waals surface area contributed by atoms with Crippen LogP contribution in [0.25, 0.3) is 5.57 Å². The van der Waals surface area contributed by atoms with Gasteiger partial charge in [-0.25, -0.2) is 4.39 Å². The lowest BCUT2D eigenvalue weighted by atomic mass is 9.77. The summed E-state index contributed by atoms with van der Waals surface area (Å²) in [5, 5.41) is 9.63. The minimum Gasteiger partial charge on any atom is -0.290 e. The van der Waals surface area contributed by atoms with E-state index in [4.69, 9.17) is 0 Å². The molecule has 0 aliphatic carbocycles. The number of nitriles is 1. The minimum absolute atomic E-state index is 0.107. The molecule has 3 rings (SSSR count). The lowest BCUT2D eigenvalue weighted by Crippen LogP contribution is -2.32. The van der Waals surface area contributed by atoms with Crippen LogP contribution in [0.2, 0.25) is 0 Å². The molecule has 3 heteroatoms. The van der Waals surface area contributed by atoms with Crippen LogP contribution in [0.15, 0.2) is 71.5 Å². The van der Waals surface area contributed by atoms with Gasteiger partial charge in [-0.2, -0.15) is 5.26 Å². The summed E-state index contributed by atoms with van der Waals surface area (Å²) in [5.41, 5.74) is 0.415. The van der Waals surface area contributed by atoms with Crippen LogP contribution >= 0.6 is 0 Å². The summed E-state index contributed by atoms with van der Waals surface area (Å²) >= 11 is 0. The van der Waals surface area contributed by atoms with E-state index in [2.05, 4.69) is 11.1 Å². The van der Waals surface area contributed by atoms with Gasteiger partial charge in [0.2, 0.25) is 0 Å². The van der Waals surface area contributed by atoms with Crippen molar-refractivity contribution < 1.29 is 4.39 Å². The molecule has 0 saturated carbocycles. The van der Waals surface area contributed by atoms with Crippen molar-refractivity contribution in [3.8, 4) is 6.07 Å². The summed E-state index contributed by atoms with van der Waals surface area (Å²) in [4.78, 5) is 4.24. The van der Waals surface area contributed by atoms with E-state index in [-0.39, 0.29) is 6.54 Å². The molecule has 0 spiro atoms. The summed E-state index contributed by atoms with van der Waals surface area (Å²) in [6, 6.07) is 20.3. The van der Waals surface area contributed by atoms with Gasteiger partial charge in [0.15, 0.2) is 5.41 Å². The van der Waals surface area contributed by atoms with Gasteiger partial charge >= 0.3 is 0 Å². The molecule has 1 aliphatic rings. The topological polar surface area (TPSA) is 36.1 Å². The fourth-order valence-electron chi connectivity index (χ4n) is 2.54. The minimum atomic E-state index is -1.33. The molecular formula is C18H13FN2. The highest BCUT2D eigenvalue weighted by Gasteiger charge is 2.41. The largest absolute Gasteiger partial charge is 0.290 e. The first-order valence-electron chi connectivity index (χ1n) is 6.70. The molecule has 1 aliphatic heterocycles. The number of halogens is 1. The first kappa shape index (κ1) is 13.3. The molecule has 0 N–H and O–H groups in total. The fourth-order valence-corrected chi connectivity index (χ4v) is 2.54. The van der Waals surface area contributed by atoms with Crippen molar-refractivity contribution in [2.24, 2.45) is 4.99 Å². The number of aliphatic imine (C=N–C) groups is 1. The monoisotopic (exact) mass is 276 g/mol. The van der Waals surface area contributed by atoms with Crippen LogP contribution in [-0.2, 0) is 5.41 Å². The summed E-state index contributed by atoms with van der Waals surface area (Å²) in [5.74, 6) is -0.433. The molecule has 1 heterocycles. The Kier molecular flexibility index (Phi) is 3.37. The summed E-state index contributed by atoms with van der Waals surface area (Å²) in [7, 11) is 0. The van der Waals surface area contributed by atoms with E-state index in [0.29, 0.717) is 11.1 Å². The van der Waals surface area contributed by atoms with Crippen LogP contribution in [0.4, 0.5) is 4.39 Å². The molecule has 0 aromatic heterocycles. The zero-order valence-corrected chi connectivity index (χ0v) is 11.3. The zero-order chi connectivity index (χ0) is 14.7. The molecule has 102 valence electrons. The maximum Gasteiger partial charge on any atom is 0.154 e. The Morgan fingerprint density at radius 2 is 1.62 bits per heavy atom. The Labute approximate surface area is 122 Å². The van der Waals surface area contributed by atoms with Crippen molar-refractivity contribution in [2.45, 2.75) is 5.41 Å². The van der Waals surface area contributed by atoms with Crippen LogP contribution in [-0.4, -0.2) is 12.8 Å². The highest BCUT2D eigenvalue weighted by molar-refractivity contribution is 6.12. The molecule has 21 heavy (non-hydrogen) atoms. The Bertz CT molecular complexity index is 742. The molecule has 0 bridgehead atoms. The number of benzene rings is 2. The van der Waals surface area contributed by atoms with Gasteiger partial charge in [-0.3, -0.25) is 4.99 Å². The summed E-state index contributed by atoms with van der Waals surface area (Å²) in [6.45, 7) is 0.107. The van der Waals surface area contributed by atoms with E-state index in [1.54, 1.807) is 12.1 Å². The van der Waals surface area contributed by atoms with Crippen LogP contribution in [0.1, 0.15) is 11.1 Å². The zero-order valence-electron chi connectivity index (χ0n) is 11.3. The molecule has 0 radical (unpaired) electrons. The third-order valence-corrected chi connectivity index (χ3v) is 3.70. The van der Waals surface area contributed by atoms with Crippen LogP contribution in [0.5, 0.6) is 0 Å². The Hall–Kier alpha value is -2.73. The molecular weight excluding hydrogens is 263 g/mol. The van der Waals surface area contributed by atoms with Gasteiger partial charge in [-0.05, 0) is 11.1 Å². The molecule has 0 fully saturated rings. The molecule has 0 saturated heterocycles. The number of hydrogen-bond acceptors (Lipinski definition) is 2. The van der Waals surface area contributed by atoms with Gasteiger partial charge in [0, 0.05) is 11.8 Å². The normalized spacial score (nSPS) is 21.1. The standard InChI is InChI=1S/C18H13FN2/c19-17-16(14-7-3-1-4-8-14)11-21-13-18(17,12-20)15-9-5-2-6-10-15/h1-11H,13H2. The van der Waals surface area contributed by atoms with Gasteiger partial charge in [-0.15, -0.1) is 0 Å². The van der Waals surface area contributed by atoms with Gasteiger partial charge in [0.1, 0.15) is 5.83 Å². The lowest BCUT2D eigenvalue weighted by molar-refractivity contribution is 0.482. The van der Waals surface area contributed by atoms with Gasteiger partial charge in [0.05, 0.1) is 12.6 Å². The second-order valence-electron chi connectivity index (χ2n) is 4.95. The molecule has 1 unspecified atom stereocenters. The third kappa shape index (κ3) is 2.15. The quantitative estimate of drug-likeness (QED) is 0.819. The number of nitrogens with zero attached hydrogens (tertiary/aromatic N) is 2. The Morgan fingerprint density at radius 3 is 2.24 bits per heavy atom. The van der Waals surface area contributed by atoms with Gasteiger partial charge < -0.3 is 0 Å². The first-order chi connectivity index (χ1) is 10.3. The number of hydrogen-bond donors (Lipinski definition) is 0. The fraction of sp³-hybridized carbons (Fsp3) is 0.111. The Balaban J connectivity index is 2.19.